The molecular formula is C12H19NO3. The van der Waals surface area contributed by atoms with Crippen LogP contribution in [-0.4, -0.2) is 18.9 Å². The molecule has 0 heterocycles. The maximum atomic E-state index is 11.0. The molecule has 0 saturated carbocycles. The van der Waals surface area contributed by atoms with Gasteiger partial charge in [0.25, 0.3) is 0 Å². The monoisotopic (exact) mass is 225 g/mol. The molecule has 0 aliphatic rings. The summed E-state index contributed by atoms with van der Waals surface area (Å²) in [5, 5.41) is 0. The Hall–Kier alpha value is -1.55. The van der Waals surface area contributed by atoms with Crippen LogP contribution in [0, 0.1) is 0 Å². The topological polar surface area (TPSA) is 70.5 Å². The van der Waals surface area contributed by atoms with Crippen molar-refractivity contribution in [1.29, 1.82) is 0 Å². The lowest BCUT2D eigenvalue weighted by Gasteiger charge is -2.24. The lowest BCUT2D eigenvalue weighted by Crippen LogP contribution is -2.30. The first kappa shape index (κ1) is 14.5. The van der Waals surface area contributed by atoms with Crippen molar-refractivity contribution >= 4 is 6.16 Å². The fraction of sp³-hybridized carbons (Fsp3) is 0.417. The summed E-state index contributed by atoms with van der Waals surface area (Å²) in [6.07, 6.45) is 0.0269. The second-order valence-electron chi connectivity index (χ2n) is 3.98. The molecule has 4 heteroatoms. The van der Waals surface area contributed by atoms with Gasteiger partial charge in [-0.05, 0) is 19.4 Å². The van der Waals surface area contributed by atoms with Gasteiger partial charge in [-0.25, -0.2) is 4.79 Å². The summed E-state index contributed by atoms with van der Waals surface area (Å²) in [6, 6.07) is 9.88. The van der Waals surface area contributed by atoms with Crippen molar-refractivity contribution in [3.8, 4) is 0 Å². The van der Waals surface area contributed by atoms with Gasteiger partial charge in [-0.2, -0.15) is 0 Å². The van der Waals surface area contributed by atoms with Gasteiger partial charge in [0.2, 0.25) is 0 Å². The molecule has 0 spiro atoms. The van der Waals surface area contributed by atoms with Crippen LogP contribution in [0.2, 0.25) is 0 Å². The van der Waals surface area contributed by atoms with Crippen LogP contribution < -0.4 is 6.15 Å². The maximum Gasteiger partial charge on any atom is 0.508 e. The number of rotatable bonds is 3. The van der Waals surface area contributed by atoms with Gasteiger partial charge in [0.1, 0.15) is 5.60 Å². The van der Waals surface area contributed by atoms with Crippen LogP contribution in [0.3, 0.4) is 0 Å². The minimum Gasteiger partial charge on any atom is -0.438 e. The van der Waals surface area contributed by atoms with Crippen molar-refractivity contribution < 1.29 is 14.3 Å². The van der Waals surface area contributed by atoms with Gasteiger partial charge in [-0.1, -0.05) is 30.3 Å². The van der Waals surface area contributed by atoms with E-state index in [0.717, 1.165) is 5.56 Å². The number of carbonyl (C=O) groups is 1. The Morgan fingerprint density at radius 2 is 1.81 bits per heavy atom. The van der Waals surface area contributed by atoms with Gasteiger partial charge < -0.3 is 15.6 Å². The van der Waals surface area contributed by atoms with Gasteiger partial charge in [0.05, 0.1) is 7.11 Å². The van der Waals surface area contributed by atoms with E-state index in [4.69, 9.17) is 4.74 Å². The summed E-state index contributed by atoms with van der Waals surface area (Å²) in [7, 11) is 1.31. The summed E-state index contributed by atoms with van der Waals surface area (Å²) in [6.45, 7) is 3.72. The molecule has 0 aliphatic carbocycles. The number of ether oxygens (including phenoxy) is 2. The van der Waals surface area contributed by atoms with Crippen molar-refractivity contribution in [3.63, 3.8) is 0 Å². The first-order chi connectivity index (χ1) is 7.03. The first-order valence-corrected chi connectivity index (χ1v) is 4.84. The van der Waals surface area contributed by atoms with Gasteiger partial charge in [0.15, 0.2) is 0 Å². The Kier molecular flexibility index (Phi) is 5.53. The number of carbonyl (C=O) groups excluding carboxylic acids is 1. The highest BCUT2D eigenvalue weighted by Crippen LogP contribution is 2.17. The largest absolute Gasteiger partial charge is 0.508 e. The van der Waals surface area contributed by atoms with Crippen LogP contribution in [0.4, 0.5) is 4.79 Å². The zero-order chi connectivity index (χ0) is 11.3. The predicted octanol–water partition coefficient (Wildman–Crippen LogP) is 2.95. The molecule has 0 radical (unpaired) electrons. The molecule has 1 aromatic carbocycles. The molecule has 1 aromatic rings. The molecule has 0 aliphatic heterocycles. The average Bonchev–Trinajstić information content (AvgIpc) is 2.17. The third kappa shape index (κ3) is 4.79. The summed E-state index contributed by atoms with van der Waals surface area (Å²) in [5.41, 5.74) is 0.584. The fourth-order valence-corrected chi connectivity index (χ4v) is 1.39. The Morgan fingerprint density at radius 1 is 1.25 bits per heavy atom. The summed E-state index contributed by atoms with van der Waals surface area (Å²) in [4.78, 5) is 11.0. The SMILES string of the molecule is COC(=O)OC(C)(C)Cc1ccccc1.N. The quantitative estimate of drug-likeness (QED) is 0.803. The normalized spacial score (nSPS) is 10.2. The second kappa shape index (κ2) is 6.12. The van der Waals surface area contributed by atoms with Crippen LogP contribution in [0.5, 0.6) is 0 Å². The summed E-state index contributed by atoms with van der Waals surface area (Å²) < 4.78 is 9.59. The Balaban J connectivity index is 0.00000225. The molecular weight excluding hydrogens is 206 g/mol. The van der Waals surface area contributed by atoms with E-state index in [9.17, 15) is 4.79 Å². The number of methoxy groups -OCH3 is 1. The van der Waals surface area contributed by atoms with E-state index in [2.05, 4.69) is 4.74 Å². The lowest BCUT2D eigenvalue weighted by atomic mass is 9.99. The first-order valence-electron chi connectivity index (χ1n) is 4.84. The molecule has 90 valence electrons. The highest BCUT2D eigenvalue weighted by Gasteiger charge is 2.23. The zero-order valence-corrected chi connectivity index (χ0v) is 10.0. The highest BCUT2D eigenvalue weighted by atomic mass is 16.7. The molecule has 0 atom stereocenters. The van der Waals surface area contributed by atoms with Crippen LogP contribution in [0.1, 0.15) is 19.4 Å². The van der Waals surface area contributed by atoms with Crippen LogP contribution >= 0.6 is 0 Å². The van der Waals surface area contributed by atoms with E-state index in [-0.39, 0.29) is 6.15 Å². The van der Waals surface area contributed by atoms with Gasteiger partial charge in [-0.15, -0.1) is 0 Å². The van der Waals surface area contributed by atoms with Crippen molar-refractivity contribution in [2.45, 2.75) is 25.9 Å². The molecule has 0 aromatic heterocycles. The predicted molar refractivity (Wildman–Crippen MR) is 62.7 cm³/mol. The fourth-order valence-electron chi connectivity index (χ4n) is 1.39. The molecule has 0 fully saturated rings. The molecule has 0 saturated heterocycles. The smallest absolute Gasteiger partial charge is 0.438 e. The molecule has 1 rings (SSSR count). The molecule has 16 heavy (non-hydrogen) atoms. The van der Waals surface area contributed by atoms with E-state index in [1.807, 2.05) is 44.2 Å². The van der Waals surface area contributed by atoms with E-state index in [1.165, 1.54) is 7.11 Å². The molecule has 4 nitrogen and oxygen atoms in total. The Labute approximate surface area is 96.1 Å². The molecule has 0 unspecified atom stereocenters. The van der Waals surface area contributed by atoms with Gasteiger partial charge in [0, 0.05) is 6.42 Å². The number of hydrogen-bond donors (Lipinski definition) is 1. The van der Waals surface area contributed by atoms with Gasteiger partial charge >= 0.3 is 6.16 Å². The minimum absolute atomic E-state index is 0. The highest BCUT2D eigenvalue weighted by molar-refractivity contribution is 5.60. The van der Waals surface area contributed by atoms with E-state index in [1.54, 1.807) is 0 Å². The van der Waals surface area contributed by atoms with Crippen LogP contribution in [-0.2, 0) is 15.9 Å². The lowest BCUT2D eigenvalue weighted by molar-refractivity contribution is -0.00635. The number of benzene rings is 1. The minimum atomic E-state index is -0.643. The molecule has 0 bridgehead atoms. The third-order valence-electron chi connectivity index (χ3n) is 2.00. The standard InChI is InChI=1S/C12H16O3.H3N/c1-12(2,15-11(13)14-3)9-10-7-5-4-6-8-10;/h4-8H,9H2,1-3H3;1H3. The Morgan fingerprint density at radius 3 is 2.31 bits per heavy atom. The summed E-state index contributed by atoms with van der Waals surface area (Å²) >= 11 is 0. The van der Waals surface area contributed by atoms with E-state index < -0.39 is 11.8 Å². The summed E-state index contributed by atoms with van der Waals surface area (Å²) in [5.74, 6) is 0. The van der Waals surface area contributed by atoms with Crippen molar-refractivity contribution in [2.75, 3.05) is 7.11 Å². The van der Waals surface area contributed by atoms with E-state index in [0.29, 0.717) is 6.42 Å². The third-order valence-corrected chi connectivity index (χ3v) is 2.00. The maximum absolute atomic E-state index is 11.0. The van der Waals surface area contributed by atoms with E-state index >= 15 is 0 Å². The molecule has 3 N–H and O–H groups in total. The van der Waals surface area contributed by atoms with Crippen LogP contribution in [0.15, 0.2) is 30.3 Å². The van der Waals surface area contributed by atoms with Crippen molar-refractivity contribution in [2.24, 2.45) is 0 Å². The Bertz CT molecular complexity index is 322. The van der Waals surface area contributed by atoms with Crippen LogP contribution in [0.25, 0.3) is 0 Å². The zero-order valence-electron chi connectivity index (χ0n) is 10.0. The molecule has 0 amide bonds. The van der Waals surface area contributed by atoms with Gasteiger partial charge in [-0.3, -0.25) is 0 Å². The number of hydrogen-bond acceptors (Lipinski definition) is 4. The van der Waals surface area contributed by atoms with Crippen molar-refractivity contribution in [1.82, 2.24) is 6.15 Å². The second-order valence-corrected chi connectivity index (χ2v) is 3.98. The van der Waals surface area contributed by atoms with Crippen molar-refractivity contribution in [3.05, 3.63) is 35.9 Å². The average molecular weight is 225 g/mol.